The van der Waals surface area contributed by atoms with E-state index in [-0.39, 0.29) is 24.8 Å². The molecule has 8 nitrogen and oxygen atoms in total. The van der Waals surface area contributed by atoms with Crippen LogP contribution in [0.15, 0.2) is 24.3 Å². The zero-order valence-corrected chi connectivity index (χ0v) is 17.7. The standard InChI is InChI=1S/C21H34N4O4/c1-4-5-14-22-20(27)16-25(15-8-6-7-9-19(26)23-29)21(28)17-10-12-18(13-11-17)24(2)3/h10-13,29H,4-9,14-16H2,1-3H3,(H,22,27)(H,23,26). The molecule has 0 aromatic heterocycles. The molecule has 1 aromatic carbocycles. The molecular weight excluding hydrogens is 372 g/mol. The molecule has 0 fully saturated rings. The fourth-order valence-corrected chi connectivity index (χ4v) is 2.79. The molecule has 0 radical (unpaired) electrons. The average molecular weight is 407 g/mol. The minimum Gasteiger partial charge on any atom is -0.378 e. The van der Waals surface area contributed by atoms with Gasteiger partial charge in [-0.2, -0.15) is 0 Å². The highest BCUT2D eigenvalue weighted by Crippen LogP contribution is 2.14. The Hall–Kier alpha value is -2.61. The first-order valence-electron chi connectivity index (χ1n) is 10.1. The molecule has 0 aliphatic heterocycles. The van der Waals surface area contributed by atoms with Crippen LogP contribution in [0.5, 0.6) is 0 Å². The third-order valence-electron chi connectivity index (χ3n) is 4.56. The molecular formula is C21H34N4O4. The fourth-order valence-electron chi connectivity index (χ4n) is 2.79. The second-order valence-corrected chi connectivity index (χ2v) is 7.22. The number of anilines is 1. The van der Waals surface area contributed by atoms with Crippen LogP contribution in [-0.4, -0.2) is 61.6 Å². The summed E-state index contributed by atoms with van der Waals surface area (Å²) in [4.78, 5) is 39.8. The van der Waals surface area contributed by atoms with Gasteiger partial charge < -0.3 is 15.1 Å². The molecule has 0 spiro atoms. The quantitative estimate of drug-likeness (QED) is 0.265. The molecule has 0 saturated heterocycles. The number of unbranched alkanes of at least 4 members (excludes halogenated alkanes) is 3. The van der Waals surface area contributed by atoms with Gasteiger partial charge in [0.2, 0.25) is 11.8 Å². The van der Waals surface area contributed by atoms with Gasteiger partial charge >= 0.3 is 0 Å². The van der Waals surface area contributed by atoms with E-state index in [9.17, 15) is 14.4 Å². The largest absolute Gasteiger partial charge is 0.378 e. The maximum Gasteiger partial charge on any atom is 0.254 e. The topological polar surface area (TPSA) is 102 Å². The summed E-state index contributed by atoms with van der Waals surface area (Å²) < 4.78 is 0. The lowest BCUT2D eigenvalue weighted by molar-refractivity contribution is -0.129. The Morgan fingerprint density at radius 1 is 0.966 bits per heavy atom. The molecule has 8 heteroatoms. The minimum absolute atomic E-state index is 0.00903. The molecule has 0 bridgehead atoms. The molecule has 0 aliphatic carbocycles. The summed E-state index contributed by atoms with van der Waals surface area (Å²) >= 11 is 0. The fraction of sp³-hybridized carbons (Fsp3) is 0.571. The predicted octanol–water partition coefficient (Wildman–Crippen LogP) is 2.18. The lowest BCUT2D eigenvalue weighted by Crippen LogP contribution is -2.41. The number of amides is 3. The van der Waals surface area contributed by atoms with Crippen molar-refractivity contribution in [2.24, 2.45) is 0 Å². The van der Waals surface area contributed by atoms with Crippen LogP contribution in [0.3, 0.4) is 0 Å². The van der Waals surface area contributed by atoms with Gasteiger partial charge in [-0.3, -0.25) is 19.6 Å². The van der Waals surface area contributed by atoms with Crippen LogP contribution in [0, 0.1) is 0 Å². The highest BCUT2D eigenvalue weighted by Gasteiger charge is 2.18. The van der Waals surface area contributed by atoms with Gasteiger partial charge in [-0.15, -0.1) is 0 Å². The minimum atomic E-state index is -0.422. The van der Waals surface area contributed by atoms with Crippen LogP contribution >= 0.6 is 0 Å². The normalized spacial score (nSPS) is 10.3. The van der Waals surface area contributed by atoms with E-state index in [0.29, 0.717) is 37.9 Å². The monoisotopic (exact) mass is 406 g/mol. The summed E-state index contributed by atoms with van der Waals surface area (Å²) in [5.41, 5.74) is 3.14. The number of hydrogen-bond acceptors (Lipinski definition) is 5. The number of hydrogen-bond donors (Lipinski definition) is 3. The van der Waals surface area contributed by atoms with Crippen molar-refractivity contribution in [2.45, 2.75) is 45.4 Å². The van der Waals surface area contributed by atoms with Crippen molar-refractivity contribution in [3.8, 4) is 0 Å². The van der Waals surface area contributed by atoms with Crippen LogP contribution in [0.25, 0.3) is 0 Å². The maximum atomic E-state index is 12.9. The maximum absolute atomic E-state index is 12.9. The highest BCUT2D eigenvalue weighted by atomic mass is 16.5. The summed E-state index contributed by atoms with van der Waals surface area (Å²) in [5.74, 6) is -0.778. The summed E-state index contributed by atoms with van der Waals surface area (Å²) in [7, 11) is 3.86. The van der Waals surface area contributed by atoms with E-state index in [1.165, 1.54) is 0 Å². The van der Waals surface area contributed by atoms with Gasteiger partial charge in [0.25, 0.3) is 5.91 Å². The number of rotatable bonds is 13. The lowest BCUT2D eigenvalue weighted by atomic mass is 10.1. The summed E-state index contributed by atoms with van der Waals surface area (Å²) in [6.07, 6.45) is 4.11. The number of carbonyl (C=O) groups excluding carboxylic acids is 3. The Kier molecular flexibility index (Phi) is 11.4. The molecule has 1 rings (SSSR count). The van der Waals surface area contributed by atoms with E-state index < -0.39 is 5.91 Å². The van der Waals surface area contributed by atoms with E-state index in [1.54, 1.807) is 22.5 Å². The SMILES string of the molecule is CCCCNC(=O)CN(CCCCCC(=O)NO)C(=O)c1ccc(N(C)C)cc1. The van der Waals surface area contributed by atoms with Crippen LogP contribution in [0.1, 0.15) is 55.8 Å². The van der Waals surface area contributed by atoms with Crippen LogP contribution in [0.2, 0.25) is 0 Å². The van der Waals surface area contributed by atoms with Crippen molar-refractivity contribution >= 4 is 23.4 Å². The summed E-state index contributed by atoms with van der Waals surface area (Å²) in [6, 6.07) is 7.29. The van der Waals surface area contributed by atoms with Gasteiger partial charge in [-0.1, -0.05) is 19.8 Å². The van der Waals surface area contributed by atoms with Crippen LogP contribution in [0.4, 0.5) is 5.69 Å². The van der Waals surface area contributed by atoms with Crippen molar-refractivity contribution in [3.05, 3.63) is 29.8 Å². The van der Waals surface area contributed by atoms with E-state index in [2.05, 4.69) is 12.2 Å². The van der Waals surface area contributed by atoms with Crippen molar-refractivity contribution in [1.29, 1.82) is 0 Å². The van der Waals surface area contributed by atoms with E-state index in [1.807, 2.05) is 31.1 Å². The Morgan fingerprint density at radius 2 is 1.66 bits per heavy atom. The molecule has 0 atom stereocenters. The van der Waals surface area contributed by atoms with E-state index >= 15 is 0 Å². The third-order valence-corrected chi connectivity index (χ3v) is 4.56. The molecule has 0 heterocycles. The van der Waals surface area contributed by atoms with Gasteiger partial charge in [-0.05, 0) is 43.5 Å². The molecule has 3 amide bonds. The summed E-state index contributed by atoms with van der Waals surface area (Å²) in [6.45, 7) is 3.09. The second-order valence-electron chi connectivity index (χ2n) is 7.22. The third kappa shape index (κ3) is 9.43. The number of nitrogens with zero attached hydrogens (tertiary/aromatic N) is 2. The van der Waals surface area contributed by atoms with Crippen molar-refractivity contribution < 1.29 is 19.6 Å². The Bertz CT molecular complexity index is 647. The van der Waals surface area contributed by atoms with Crippen LogP contribution in [-0.2, 0) is 9.59 Å². The predicted molar refractivity (Wildman–Crippen MR) is 113 cm³/mol. The molecule has 0 saturated carbocycles. The number of nitrogens with one attached hydrogen (secondary N) is 2. The number of hydroxylamine groups is 1. The Labute approximate surface area is 173 Å². The molecule has 3 N–H and O–H groups in total. The van der Waals surface area contributed by atoms with Crippen LogP contribution < -0.4 is 15.7 Å². The number of benzene rings is 1. The van der Waals surface area contributed by atoms with Gasteiger partial charge in [-0.25, -0.2) is 5.48 Å². The first-order chi connectivity index (χ1) is 13.9. The van der Waals surface area contributed by atoms with Gasteiger partial charge in [0.1, 0.15) is 0 Å². The first-order valence-corrected chi connectivity index (χ1v) is 10.1. The van der Waals surface area contributed by atoms with Gasteiger partial charge in [0.05, 0.1) is 6.54 Å². The first kappa shape index (κ1) is 24.4. The summed E-state index contributed by atoms with van der Waals surface area (Å²) in [5, 5.41) is 11.4. The average Bonchev–Trinajstić information content (AvgIpc) is 2.72. The smallest absolute Gasteiger partial charge is 0.254 e. The zero-order chi connectivity index (χ0) is 21.6. The Balaban J connectivity index is 2.70. The second kappa shape index (κ2) is 13.5. The van der Waals surface area contributed by atoms with Crippen molar-refractivity contribution in [1.82, 2.24) is 15.7 Å². The van der Waals surface area contributed by atoms with Gasteiger partial charge in [0, 0.05) is 44.9 Å². The zero-order valence-electron chi connectivity index (χ0n) is 17.7. The van der Waals surface area contributed by atoms with E-state index in [0.717, 1.165) is 18.5 Å². The number of carbonyl (C=O) groups is 3. The molecule has 1 aromatic rings. The lowest BCUT2D eigenvalue weighted by Gasteiger charge is -2.23. The molecule has 0 unspecified atom stereocenters. The Morgan fingerprint density at radius 3 is 2.24 bits per heavy atom. The van der Waals surface area contributed by atoms with Crippen molar-refractivity contribution in [2.75, 3.05) is 38.6 Å². The molecule has 0 aliphatic rings. The van der Waals surface area contributed by atoms with E-state index in [4.69, 9.17) is 5.21 Å². The molecule has 29 heavy (non-hydrogen) atoms. The highest BCUT2D eigenvalue weighted by molar-refractivity contribution is 5.96. The molecule has 162 valence electrons. The van der Waals surface area contributed by atoms with Crippen molar-refractivity contribution in [3.63, 3.8) is 0 Å². The van der Waals surface area contributed by atoms with Gasteiger partial charge in [0.15, 0.2) is 0 Å².